The number of aryl methyl sites for hydroxylation is 1. The van der Waals surface area contributed by atoms with Crippen molar-refractivity contribution in [3.63, 3.8) is 0 Å². The van der Waals surface area contributed by atoms with Crippen LogP contribution in [0, 0.1) is 6.92 Å². The second-order valence-electron chi connectivity index (χ2n) is 6.22. The molecule has 8 heteroatoms. The van der Waals surface area contributed by atoms with Crippen LogP contribution in [0.1, 0.15) is 25.0 Å². The molecule has 0 saturated heterocycles. The van der Waals surface area contributed by atoms with Crippen LogP contribution in [0.15, 0.2) is 53.4 Å². The molecule has 0 aliphatic carbocycles. The Labute approximate surface area is 172 Å². The number of nitrogens with zero attached hydrogens (tertiary/aromatic N) is 1. The normalized spacial score (nSPS) is 11.3. The lowest BCUT2D eigenvalue weighted by molar-refractivity contribution is -0.119. The zero-order chi connectivity index (χ0) is 20.7. The molecule has 0 atom stereocenters. The minimum atomic E-state index is -3.50. The lowest BCUT2D eigenvalue weighted by atomic mass is 10.1. The average Bonchev–Trinajstić information content (AvgIpc) is 2.64. The highest BCUT2D eigenvalue weighted by Gasteiger charge is 2.21. The number of nitrogens with one attached hydrogen (secondary N) is 2. The molecular weight excluding hydrogens is 394 g/mol. The van der Waals surface area contributed by atoms with E-state index < -0.39 is 10.0 Å². The quantitative estimate of drug-likeness (QED) is 0.675. The van der Waals surface area contributed by atoms with Gasteiger partial charge in [0.15, 0.2) is 5.11 Å². The van der Waals surface area contributed by atoms with Gasteiger partial charge in [0.2, 0.25) is 15.9 Å². The average molecular weight is 420 g/mol. The van der Waals surface area contributed by atoms with Crippen LogP contribution in [-0.2, 0) is 21.2 Å². The van der Waals surface area contributed by atoms with E-state index in [0.717, 1.165) is 11.1 Å². The standard InChI is InChI=1S/C20H25N3O3S2/c1-4-23(5-2)28(25,26)18-12-10-17(11-13-18)21-20(27)22-19(24)14-16-9-7-6-8-15(16)3/h6-13H,4-5,14H2,1-3H3,(H2,21,22,24,27). The molecule has 0 aliphatic rings. The molecule has 2 N–H and O–H groups in total. The fraction of sp³-hybridized carbons (Fsp3) is 0.300. The van der Waals surface area contributed by atoms with Crippen LogP contribution in [0.25, 0.3) is 0 Å². The lowest BCUT2D eigenvalue weighted by Gasteiger charge is -2.18. The van der Waals surface area contributed by atoms with Crippen LogP contribution in [0.4, 0.5) is 5.69 Å². The molecule has 0 aromatic heterocycles. The van der Waals surface area contributed by atoms with Gasteiger partial charge in [0, 0.05) is 18.8 Å². The highest BCUT2D eigenvalue weighted by molar-refractivity contribution is 7.89. The van der Waals surface area contributed by atoms with Crippen molar-refractivity contribution in [2.24, 2.45) is 0 Å². The van der Waals surface area contributed by atoms with Crippen LogP contribution < -0.4 is 10.6 Å². The van der Waals surface area contributed by atoms with E-state index in [1.165, 1.54) is 16.4 Å². The number of carbonyl (C=O) groups excluding carboxylic acids is 1. The van der Waals surface area contributed by atoms with Gasteiger partial charge in [0.1, 0.15) is 0 Å². The molecule has 2 rings (SSSR count). The van der Waals surface area contributed by atoms with E-state index in [2.05, 4.69) is 10.6 Å². The summed E-state index contributed by atoms with van der Waals surface area (Å²) in [5.41, 5.74) is 2.58. The number of amides is 1. The molecule has 1 amide bonds. The predicted octanol–water partition coefficient (Wildman–Crippen LogP) is 3.08. The molecule has 28 heavy (non-hydrogen) atoms. The first-order valence-electron chi connectivity index (χ1n) is 9.03. The summed E-state index contributed by atoms with van der Waals surface area (Å²) in [5, 5.41) is 5.71. The van der Waals surface area contributed by atoms with Crippen LogP contribution in [0.2, 0.25) is 0 Å². The zero-order valence-corrected chi connectivity index (χ0v) is 17.9. The SMILES string of the molecule is CCN(CC)S(=O)(=O)c1ccc(NC(=S)NC(=O)Cc2ccccc2C)cc1. The Morgan fingerprint density at radius 2 is 1.64 bits per heavy atom. The van der Waals surface area contributed by atoms with Crippen LogP contribution in [-0.4, -0.2) is 36.8 Å². The molecule has 0 heterocycles. The van der Waals surface area contributed by atoms with E-state index in [-0.39, 0.29) is 22.3 Å². The number of carbonyl (C=O) groups is 1. The highest BCUT2D eigenvalue weighted by Crippen LogP contribution is 2.18. The van der Waals surface area contributed by atoms with Gasteiger partial charge in [-0.3, -0.25) is 4.79 Å². The molecule has 0 radical (unpaired) electrons. The minimum Gasteiger partial charge on any atom is -0.332 e. The molecule has 2 aromatic rings. The molecule has 2 aromatic carbocycles. The van der Waals surface area contributed by atoms with E-state index in [1.54, 1.807) is 26.0 Å². The summed E-state index contributed by atoms with van der Waals surface area (Å²) < 4.78 is 26.4. The molecule has 0 bridgehead atoms. The van der Waals surface area contributed by atoms with Crippen molar-refractivity contribution in [1.82, 2.24) is 9.62 Å². The summed E-state index contributed by atoms with van der Waals surface area (Å²) >= 11 is 5.18. The van der Waals surface area contributed by atoms with Gasteiger partial charge in [0.25, 0.3) is 0 Å². The summed E-state index contributed by atoms with van der Waals surface area (Å²) in [5.74, 6) is -0.215. The second-order valence-corrected chi connectivity index (χ2v) is 8.57. The summed E-state index contributed by atoms with van der Waals surface area (Å²) in [4.78, 5) is 12.4. The van der Waals surface area contributed by atoms with Crippen LogP contribution in [0.5, 0.6) is 0 Å². The Morgan fingerprint density at radius 1 is 1.04 bits per heavy atom. The van der Waals surface area contributed by atoms with Gasteiger partial charge >= 0.3 is 0 Å². The van der Waals surface area contributed by atoms with Gasteiger partial charge in [-0.05, 0) is 54.5 Å². The molecule has 0 fully saturated rings. The summed E-state index contributed by atoms with van der Waals surface area (Å²) in [6.45, 7) is 6.38. The fourth-order valence-corrected chi connectivity index (χ4v) is 4.43. The monoisotopic (exact) mass is 419 g/mol. The second kappa shape index (κ2) is 9.77. The third-order valence-corrected chi connectivity index (χ3v) is 6.59. The van der Waals surface area contributed by atoms with Crippen molar-refractivity contribution in [3.05, 3.63) is 59.7 Å². The topological polar surface area (TPSA) is 78.5 Å². The Bertz CT molecular complexity index is 937. The number of hydrogen-bond donors (Lipinski definition) is 2. The zero-order valence-electron chi connectivity index (χ0n) is 16.2. The maximum atomic E-state index is 12.5. The number of anilines is 1. The first kappa shape index (κ1) is 22.0. The van der Waals surface area contributed by atoms with E-state index in [1.807, 2.05) is 31.2 Å². The predicted molar refractivity (Wildman–Crippen MR) is 116 cm³/mol. The van der Waals surface area contributed by atoms with Crippen LogP contribution >= 0.6 is 12.2 Å². The van der Waals surface area contributed by atoms with E-state index in [9.17, 15) is 13.2 Å². The summed E-state index contributed by atoms with van der Waals surface area (Å²) in [7, 11) is -3.50. The number of rotatable bonds is 7. The van der Waals surface area contributed by atoms with Gasteiger partial charge in [-0.1, -0.05) is 38.1 Å². The third kappa shape index (κ3) is 5.60. The first-order valence-corrected chi connectivity index (χ1v) is 10.9. The molecule has 0 unspecified atom stereocenters. The highest BCUT2D eigenvalue weighted by atomic mass is 32.2. The van der Waals surface area contributed by atoms with Gasteiger partial charge < -0.3 is 10.6 Å². The third-order valence-electron chi connectivity index (χ3n) is 4.32. The Kier molecular flexibility index (Phi) is 7.68. The number of thiocarbonyl (C=S) groups is 1. The van der Waals surface area contributed by atoms with E-state index in [4.69, 9.17) is 12.2 Å². The van der Waals surface area contributed by atoms with Crippen molar-refractivity contribution < 1.29 is 13.2 Å². The van der Waals surface area contributed by atoms with Gasteiger partial charge in [0.05, 0.1) is 11.3 Å². The maximum absolute atomic E-state index is 12.5. The molecular formula is C20H25N3O3S2. The van der Waals surface area contributed by atoms with E-state index in [0.29, 0.717) is 18.8 Å². The largest absolute Gasteiger partial charge is 0.332 e. The Morgan fingerprint density at radius 3 is 2.21 bits per heavy atom. The molecule has 6 nitrogen and oxygen atoms in total. The lowest BCUT2D eigenvalue weighted by Crippen LogP contribution is -2.35. The van der Waals surface area contributed by atoms with Crippen molar-refractivity contribution in [3.8, 4) is 0 Å². The smallest absolute Gasteiger partial charge is 0.243 e. The summed E-state index contributed by atoms with van der Waals surface area (Å²) in [6, 6.07) is 14.0. The number of sulfonamides is 1. The number of hydrogen-bond acceptors (Lipinski definition) is 4. The van der Waals surface area contributed by atoms with Crippen molar-refractivity contribution in [1.29, 1.82) is 0 Å². The molecule has 150 valence electrons. The minimum absolute atomic E-state index is 0.165. The number of benzene rings is 2. The van der Waals surface area contributed by atoms with Crippen molar-refractivity contribution in [2.45, 2.75) is 32.1 Å². The first-order chi connectivity index (χ1) is 13.3. The van der Waals surface area contributed by atoms with E-state index >= 15 is 0 Å². The molecule has 0 spiro atoms. The summed E-state index contributed by atoms with van der Waals surface area (Å²) in [6.07, 6.45) is 0.232. The molecule has 0 aliphatic heterocycles. The van der Waals surface area contributed by atoms with Gasteiger partial charge in [-0.25, -0.2) is 8.42 Å². The fourth-order valence-electron chi connectivity index (χ4n) is 2.74. The Balaban J connectivity index is 1.97. The maximum Gasteiger partial charge on any atom is 0.243 e. The Hall–Kier alpha value is -2.29. The van der Waals surface area contributed by atoms with Crippen LogP contribution in [0.3, 0.4) is 0 Å². The molecule has 0 saturated carbocycles. The van der Waals surface area contributed by atoms with Crippen molar-refractivity contribution in [2.75, 3.05) is 18.4 Å². The van der Waals surface area contributed by atoms with Crippen molar-refractivity contribution >= 4 is 38.9 Å². The van der Waals surface area contributed by atoms with Gasteiger partial charge in [-0.2, -0.15) is 4.31 Å². The van der Waals surface area contributed by atoms with Gasteiger partial charge in [-0.15, -0.1) is 0 Å².